The van der Waals surface area contributed by atoms with Crippen LogP contribution >= 0.6 is 0 Å². The minimum atomic E-state index is -0.305. The number of anilines is 3. The third-order valence-electron chi connectivity index (χ3n) is 2.48. The van der Waals surface area contributed by atoms with Gasteiger partial charge in [-0.05, 0) is 6.42 Å². The van der Waals surface area contributed by atoms with Crippen LogP contribution in [0.3, 0.4) is 0 Å². The van der Waals surface area contributed by atoms with Gasteiger partial charge in [-0.2, -0.15) is 15.0 Å². The average Bonchev–Trinajstić information content (AvgIpc) is 2.64. The number of nitrogens with zero attached hydrogens (tertiary/aromatic N) is 5. The largest absolute Gasteiger partial charge is 0.391 e. The van der Waals surface area contributed by atoms with E-state index in [4.69, 9.17) is 5.73 Å². The molecule has 0 bridgehead atoms. The molecule has 3 N–H and O–H groups in total. The summed E-state index contributed by atoms with van der Waals surface area (Å²) in [5.41, 5.74) is 5.62. The second-order valence-corrected chi connectivity index (χ2v) is 4.08. The van der Waals surface area contributed by atoms with E-state index in [-0.39, 0.29) is 12.1 Å². The number of hydrogen-bond donors (Lipinski definition) is 2. The maximum atomic E-state index is 9.45. The number of aromatic nitrogens is 3. The smallest absolute Gasteiger partial charge is 0.232 e. The molecule has 1 aromatic rings. The van der Waals surface area contributed by atoms with Crippen LogP contribution in [0.15, 0.2) is 0 Å². The number of aliphatic hydroxyl groups excluding tert-OH is 1. The normalized spacial score (nSPS) is 20.2. The van der Waals surface area contributed by atoms with Crippen molar-refractivity contribution in [2.75, 3.05) is 42.7 Å². The van der Waals surface area contributed by atoms with Gasteiger partial charge < -0.3 is 20.6 Å². The van der Waals surface area contributed by atoms with E-state index in [9.17, 15) is 5.11 Å². The predicted molar refractivity (Wildman–Crippen MR) is 61.4 cm³/mol. The van der Waals surface area contributed by atoms with Gasteiger partial charge in [-0.25, -0.2) is 0 Å². The Kier molecular flexibility index (Phi) is 2.78. The van der Waals surface area contributed by atoms with Crippen LogP contribution in [0.1, 0.15) is 6.42 Å². The molecule has 0 saturated carbocycles. The highest BCUT2D eigenvalue weighted by molar-refractivity contribution is 5.43. The summed E-state index contributed by atoms with van der Waals surface area (Å²) in [5, 5.41) is 9.45. The van der Waals surface area contributed by atoms with Crippen LogP contribution in [-0.2, 0) is 0 Å². The molecular weight excluding hydrogens is 208 g/mol. The predicted octanol–water partition coefficient (Wildman–Crippen LogP) is -0.909. The van der Waals surface area contributed by atoms with E-state index in [0.717, 1.165) is 13.0 Å². The van der Waals surface area contributed by atoms with Gasteiger partial charge in [-0.1, -0.05) is 0 Å². The first-order chi connectivity index (χ1) is 7.56. The Balaban J connectivity index is 2.27. The second-order valence-electron chi connectivity index (χ2n) is 4.08. The first-order valence-corrected chi connectivity index (χ1v) is 5.18. The highest BCUT2D eigenvalue weighted by Gasteiger charge is 2.23. The minimum absolute atomic E-state index is 0.204. The van der Waals surface area contributed by atoms with Crippen LogP contribution in [0.25, 0.3) is 0 Å². The third-order valence-corrected chi connectivity index (χ3v) is 2.48. The summed E-state index contributed by atoms with van der Waals surface area (Å²) in [4.78, 5) is 16.1. The van der Waals surface area contributed by atoms with E-state index in [1.54, 1.807) is 4.90 Å². The quantitative estimate of drug-likeness (QED) is 0.672. The Morgan fingerprint density at radius 1 is 1.38 bits per heavy atom. The Hall–Kier alpha value is -1.63. The number of aliphatic hydroxyl groups is 1. The van der Waals surface area contributed by atoms with Crippen molar-refractivity contribution < 1.29 is 5.11 Å². The molecule has 2 rings (SSSR count). The lowest BCUT2D eigenvalue weighted by Gasteiger charge is -2.17. The first kappa shape index (κ1) is 10.9. The van der Waals surface area contributed by atoms with Gasteiger partial charge >= 0.3 is 0 Å². The van der Waals surface area contributed by atoms with Crippen molar-refractivity contribution in [3.05, 3.63) is 0 Å². The molecule has 7 heteroatoms. The maximum absolute atomic E-state index is 9.45. The molecule has 0 spiro atoms. The van der Waals surface area contributed by atoms with Gasteiger partial charge in [-0.15, -0.1) is 0 Å². The first-order valence-electron chi connectivity index (χ1n) is 5.18. The van der Waals surface area contributed by atoms with E-state index < -0.39 is 0 Å². The molecule has 16 heavy (non-hydrogen) atoms. The lowest BCUT2D eigenvalue weighted by atomic mass is 10.3. The Labute approximate surface area is 93.9 Å². The second kappa shape index (κ2) is 4.09. The van der Waals surface area contributed by atoms with Gasteiger partial charge in [0.05, 0.1) is 6.10 Å². The lowest BCUT2D eigenvalue weighted by Crippen LogP contribution is -2.25. The van der Waals surface area contributed by atoms with Gasteiger partial charge in [0.1, 0.15) is 0 Å². The molecule has 88 valence electrons. The number of nitrogen functional groups attached to an aromatic ring is 1. The van der Waals surface area contributed by atoms with Crippen LogP contribution in [0.2, 0.25) is 0 Å². The number of β-amino-alcohol motifs (C(OH)–C–C–N with tert-alkyl or cyclic N) is 1. The Morgan fingerprint density at radius 3 is 2.69 bits per heavy atom. The molecule has 1 aliphatic heterocycles. The zero-order valence-electron chi connectivity index (χ0n) is 9.46. The van der Waals surface area contributed by atoms with E-state index in [1.165, 1.54) is 0 Å². The molecule has 0 aliphatic carbocycles. The molecule has 0 amide bonds. The molecule has 1 aliphatic rings. The molecule has 2 heterocycles. The van der Waals surface area contributed by atoms with Gasteiger partial charge in [0.15, 0.2) is 0 Å². The fourth-order valence-electron chi connectivity index (χ4n) is 1.63. The maximum Gasteiger partial charge on any atom is 0.232 e. The summed E-state index contributed by atoms with van der Waals surface area (Å²) in [6.07, 6.45) is 0.434. The van der Waals surface area contributed by atoms with E-state index in [0.29, 0.717) is 18.4 Å². The molecule has 1 aromatic heterocycles. The summed E-state index contributed by atoms with van der Waals surface area (Å²) in [7, 11) is 3.69. The van der Waals surface area contributed by atoms with Crippen molar-refractivity contribution in [3.63, 3.8) is 0 Å². The SMILES string of the molecule is CN(C)c1nc(N)nc(N2CCC(O)C2)n1. The average molecular weight is 224 g/mol. The van der Waals surface area contributed by atoms with Crippen molar-refractivity contribution in [1.82, 2.24) is 15.0 Å². The van der Waals surface area contributed by atoms with E-state index in [1.807, 2.05) is 19.0 Å². The Morgan fingerprint density at radius 2 is 2.12 bits per heavy atom. The van der Waals surface area contributed by atoms with Gasteiger partial charge in [-0.3, -0.25) is 0 Å². The summed E-state index contributed by atoms with van der Waals surface area (Å²) in [5.74, 6) is 1.27. The summed E-state index contributed by atoms with van der Waals surface area (Å²) in [6.45, 7) is 1.30. The van der Waals surface area contributed by atoms with Crippen LogP contribution in [-0.4, -0.2) is 53.3 Å². The molecule has 1 unspecified atom stereocenters. The molecule has 1 atom stereocenters. The van der Waals surface area contributed by atoms with Crippen LogP contribution in [0.5, 0.6) is 0 Å². The van der Waals surface area contributed by atoms with Crippen LogP contribution in [0.4, 0.5) is 17.8 Å². The summed E-state index contributed by atoms with van der Waals surface area (Å²) >= 11 is 0. The molecular formula is C9H16N6O. The van der Waals surface area contributed by atoms with Gasteiger partial charge in [0, 0.05) is 27.2 Å². The fraction of sp³-hybridized carbons (Fsp3) is 0.667. The minimum Gasteiger partial charge on any atom is -0.391 e. The molecule has 0 radical (unpaired) electrons. The van der Waals surface area contributed by atoms with Crippen molar-refractivity contribution in [2.45, 2.75) is 12.5 Å². The molecule has 1 saturated heterocycles. The number of hydrogen-bond acceptors (Lipinski definition) is 7. The van der Waals surface area contributed by atoms with E-state index >= 15 is 0 Å². The summed E-state index contributed by atoms with van der Waals surface area (Å²) in [6, 6.07) is 0. The van der Waals surface area contributed by atoms with Crippen LogP contribution in [0, 0.1) is 0 Å². The molecule has 0 aromatic carbocycles. The topological polar surface area (TPSA) is 91.4 Å². The highest BCUT2D eigenvalue weighted by Crippen LogP contribution is 2.18. The third kappa shape index (κ3) is 2.13. The number of rotatable bonds is 2. The Bertz CT molecular complexity index is 382. The van der Waals surface area contributed by atoms with Crippen molar-refractivity contribution in [3.8, 4) is 0 Å². The van der Waals surface area contributed by atoms with Crippen molar-refractivity contribution >= 4 is 17.8 Å². The number of nitrogens with two attached hydrogens (primary N) is 1. The van der Waals surface area contributed by atoms with Crippen LogP contribution < -0.4 is 15.5 Å². The van der Waals surface area contributed by atoms with Crippen molar-refractivity contribution in [1.29, 1.82) is 0 Å². The molecule has 7 nitrogen and oxygen atoms in total. The van der Waals surface area contributed by atoms with Gasteiger partial charge in [0.25, 0.3) is 0 Å². The summed E-state index contributed by atoms with van der Waals surface area (Å²) < 4.78 is 0. The van der Waals surface area contributed by atoms with E-state index in [2.05, 4.69) is 15.0 Å². The lowest BCUT2D eigenvalue weighted by molar-refractivity contribution is 0.198. The zero-order valence-corrected chi connectivity index (χ0v) is 9.46. The highest BCUT2D eigenvalue weighted by atomic mass is 16.3. The molecule has 1 fully saturated rings. The zero-order chi connectivity index (χ0) is 11.7. The standard InChI is InChI=1S/C9H16N6O/c1-14(2)8-11-7(10)12-9(13-8)15-4-3-6(16)5-15/h6,16H,3-5H2,1-2H3,(H2,10,11,12,13). The van der Waals surface area contributed by atoms with Crippen molar-refractivity contribution in [2.24, 2.45) is 0 Å². The monoisotopic (exact) mass is 224 g/mol. The fourth-order valence-corrected chi connectivity index (χ4v) is 1.63. The van der Waals surface area contributed by atoms with Gasteiger partial charge in [0.2, 0.25) is 17.8 Å².